The zero-order valence-corrected chi connectivity index (χ0v) is 11.1. The molecule has 1 amide bonds. The Hall–Kier alpha value is -0.870. The molecule has 16 heavy (non-hydrogen) atoms. The predicted octanol–water partition coefficient (Wildman–Crippen LogP) is 1.97. The maximum Gasteiger partial charge on any atom is 0.254 e. The van der Waals surface area contributed by atoms with Gasteiger partial charge in [-0.05, 0) is 37.9 Å². The van der Waals surface area contributed by atoms with Gasteiger partial charge in [0.15, 0.2) is 0 Å². The molecule has 4 heteroatoms. The van der Waals surface area contributed by atoms with Crippen LogP contribution >= 0.6 is 15.9 Å². The van der Waals surface area contributed by atoms with Crippen molar-refractivity contribution in [2.45, 2.75) is 6.54 Å². The van der Waals surface area contributed by atoms with Crippen molar-refractivity contribution in [2.24, 2.45) is 0 Å². The predicted molar refractivity (Wildman–Crippen MR) is 67.4 cm³/mol. The van der Waals surface area contributed by atoms with Gasteiger partial charge in [0, 0.05) is 29.7 Å². The molecule has 3 nitrogen and oxygen atoms in total. The molecule has 0 spiro atoms. The molecule has 1 aromatic carbocycles. The minimum atomic E-state index is 0.157. The molecular formula is C12H15BrN2O. The van der Waals surface area contributed by atoms with E-state index < -0.39 is 0 Å². The molecule has 0 aliphatic carbocycles. The van der Waals surface area contributed by atoms with Gasteiger partial charge in [0.1, 0.15) is 0 Å². The van der Waals surface area contributed by atoms with Gasteiger partial charge in [-0.3, -0.25) is 4.79 Å². The van der Waals surface area contributed by atoms with Crippen LogP contribution in [0.15, 0.2) is 22.7 Å². The number of benzene rings is 1. The lowest BCUT2D eigenvalue weighted by atomic mass is 10.1. The topological polar surface area (TPSA) is 23.6 Å². The SMILES string of the molecule is CN(C)CCN1Cc2cc(Br)ccc2C1=O. The lowest BCUT2D eigenvalue weighted by Crippen LogP contribution is -2.31. The Morgan fingerprint density at radius 1 is 1.44 bits per heavy atom. The summed E-state index contributed by atoms with van der Waals surface area (Å²) in [5.41, 5.74) is 1.97. The summed E-state index contributed by atoms with van der Waals surface area (Å²) in [6.07, 6.45) is 0. The summed E-state index contributed by atoms with van der Waals surface area (Å²) in [4.78, 5) is 16.0. The van der Waals surface area contributed by atoms with Gasteiger partial charge >= 0.3 is 0 Å². The van der Waals surface area contributed by atoms with Crippen LogP contribution < -0.4 is 0 Å². The highest BCUT2D eigenvalue weighted by Gasteiger charge is 2.26. The van der Waals surface area contributed by atoms with E-state index in [2.05, 4.69) is 20.8 Å². The number of rotatable bonds is 3. The van der Waals surface area contributed by atoms with Gasteiger partial charge in [0.05, 0.1) is 0 Å². The summed E-state index contributed by atoms with van der Waals surface area (Å²) in [7, 11) is 4.04. The van der Waals surface area contributed by atoms with Crippen molar-refractivity contribution in [3.05, 3.63) is 33.8 Å². The van der Waals surface area contributed by atoms with Crippen molar-refractivity contribution in [2.75, 3.05) is 27.2 Å². The number of carbonyl (C=O) groups is 1. The van der Waals surface area contributed by atoms with Crippen LogP contribution in [-0.4, -0.2) is 42.9 Å². The van der Waals surface area contributed by atoms with Gasteiger partial charge in [-0.2, -0.15) is 0 Å². The molecule has 0 aromatic heterocycles. The van der Waals surface area contributed by atoms with Crippen LogP contribution in [0.5, 0.6) is 0 Å². The van der Waals surface area contributed by atoms with Gasteiger partial charge in [-0.25, -0.2) is 0 Å². The molecule has 1 heterocycles. The highest BCUT2D eigenvalue weighted by Crippen LogP contribution is 2.25. The highest BCUT2D eigenvalue weighted by atomic mass is 79.9. The van der Waals surface area contributed by atoms with E-state index in [1.54, 1.807) is 0 Å². The molecule has 0 saturated heterocycles. The fourth-order valence-corrected chi connectivity index (χ4v) is 2.26. The van der Waals surface area contributed by atoms with Gasteiger partial charge in [-0.15, -0.1) is 0 Å². The third-order valence-corrected chi connectivity index (χ3v) is 3.26. The Balaban J connectivity index is 2.11. The second kappa shape index (κ2) is 4.55. The summed E-state index contributed by atoms with van der Waals surface area (Å²) in [5, 5.41) is 0. The van der Waals surface area contributed by atoms with Crippen LogP contribution in [0.2, 0.25) is 0 Å². The first-order valence-corrected chi connectivity index (χ1v) is 6.09. The Bertz CT molecular complexity index is 417. The molecule has 1 aliphatic heterocycles. The second-order valence-corrected chi connectivity index (χ2v) is 5.25. The first-order valence-electron chi connectivity index (χ1n) is 5.30. The van der Waals surface area contributed by atoms with E-state index in [1.165, 1.54) is 0 Å². The van der Waals surface area contributed by atoms with E-state index >= 15 is 0 Å². The molecule has 0 radical (unpaired) electrons. The largest absolute Gasteiger partial charge is 0.333 e. The van der Waals surface area contributed by atoms with Crippen LogP contribution in [0.25, 0.3) is 0 Å². The lowest BCUT2D eigenvalue weighted by molar-refractivity contribution is 0.0768. The van der Waals surface area contributed by atoms with E-state index in [0.717, 1.165) is 35.2 Å². The Morgan fingerprint density at radius 3 is 2.88 bits per heavy atom. The van der Waals surface area contributed by atoms with Crippen LogP contribution in [0.4, 0.5) is 0 Å². The number of likely N-dealkylation sites (N-methyl/N-ethyl adjacent to an activating group) is 1. The molecule has 0 unspecified atom stereocenters. The molecule has 2 rings (SSSR count). The maximum atomic E-state index is 12.0. The van der Waals surface area contributed by atoms with Gasteiger partial charge in [0.2, 0.25) is 0 Å². The molecule has 1 aliphatic rings. The summed E-state index contributed by atoms with van der Waals surface area (Å²) >= 11 is 3.43. The molecular weight excluding hydrogens is 268 g/mol. The fraction of sp³-hybridized carbons (Fsp3) is 0.417. The first-order chi connectivity index (χ1) is 7.58. The van der Waals surface area contributed by atoms with Crippen LogP contribution in [0, 0.1) is 0 Å². The van der Waals surface area contributed by atoms with E-state index in [1.807, 2.05) is 37.2 Å². The fourth-order valence-electron chi connectivity index (χ4n) is 1.85. The minimum Gasteiger partial charge on any atom is -0.333 e. The smallest absolute Gasteiger partial charge is 0.254 e. The summed E-state index contributed by atoms with van der Waals surface area (Å²) in [6, 6.07) is 5.85. The monoisotopic (exact) mass is 282 g/mol. The van der Waals surface area contributed by atoms with Crippen molar-refractivity contribution in [1.29, 1.82) is 0 Å². The molecule has 1 aromatic rings. The normalized spacial score (nSPS) is 14.8. The molecule has 0 N–H and O–H groups in total. The number of halogens is 1. The number of nitrogens with zero attached hydrogens (tertiary/aromatic N) is 2. The third-order valence-electron chi connectivity index (χ3n) is 2.76. The quantitative estimate of drug-likeness (QED) is 0.846. The van der Waals surface area contributed by atoms with Crippen LogP contribution in [0.3, 0.4) is 0 Å². The van der Waals surface area contributed by atoms with E-state index in [0.29, 0.717) is 0 Å². The Kier molecular flexibility index (Phi) is 3.30. The molecule has 0 fully saturated rings. The molecule has 0 bridgehead atoms. The van der Waals surface area contributed by atoms with E-state index in [9.17, 15) is 4.79 Å². The van der Waals surface area contributed by atoms with Crippen molar-refractivity contribution in [3.63, 3.8) is 0 Å². The highest BCUT2D eigenvalue weighted by molar-refractivity contribution is 9.10. The summed E-state index contributed by atoms with van der Waals surface area (Å²) < 4.78 is 1.04. The van der Waals surface area contributed by atoms with Crippen molar-refractivity contribution < 1.29 is 4.79 Å². The number of fused-ring (bicyclic) bond motifs is 1. The zero-order chi connectivity index (χ0) is 11.7. The molecule has 0 atom stereocenters. The standard InChI is InChI=1S/C12H15BrN2O/c1-14(2)5-6-15-8-9-7-10(13)3-4-11(9)12(15)16/h3-4,7H,5-6,8H2,1-2H3. The zero-order valence-electron chi connectivity index (χ0n) is 9.53. The van der Waals surface area contributed by atoms with Crippen LogP contribution in [-0.2, 0) is 6.54 Å². The summed E-state index contributed by atoms with van der Waals surface area (Å²) in [6.45, 7) is 2.43. The number of amides is 1. The second-order valence-electron chi connectivity index (χ2n) is 4.33. The number of hydrogen-bond acceptors (Lipinski definition) is 2. The molecule has 86 valence electrons. The lowest BCUT2D eigenvalue weighted by Gasteiger charge is -2.18. The van der Waals surface area contributed by atoms with Crippen LogP contribution in [0.1, 0.15) is 15.9 Å². The minimum absolute atomic E-state index is 0.157. The van der Waals surface area contributed by atoms with Crippen molar-refractivity contribution in [1.82, 2.24) is 9.80 Å². The summed E-state index contributed by atoms with van der Waals surface area (Å²) in [5.74, 6) is 0.157. The Labute approximate surface area is 104 Å². The molecule has 0 saturated carbocycles. The maximum absolute atomic E-state index is 12.0. The number of hydrogen-bond donors (Lipinski definition) is 0. The van der Waals surface area contributed by atoms with Gasteiger partial charge in [-0.1, -0.05) is 15.9 Å². The van der Waals surface area contributed by atoms with Gasteiger partial charge in [0.25, 0.3) is 5.91 Å². The van der Waals surface area contributed by atoms with Gasteiger partial charge < -0.3 is 9.80 Å². The van der Waals surface area contributed by atoms with E-state index in [-0.39, 0.29) is 5.91 Å². The third kappa shape index (κ3) is 2.28. The Morgan fingerprint density at radius 2 is 2.19 bits per heavy atom. The average molecular weight is 283 g/mol. The van der Waals surface area contributed by atoms with Crippen molar-refractivity contribution >= 4 is 21.8 Å². The average Bonchev–Trinajstić information content (AvgIpc) is 2.52. The van der Waals surface area contributed by atoms with E-state index in [4.69, 9.17) is 0 Å². The first kappa shape index (κ1) is 11.6. The van der Waals surface area contributed by atoms with Crippen molar-refractivity contribution in [3.8, 4) is 0 Å². The number of carbonyl (C=O) groups excluding carboxylic acids is 1.